The van der Waals surface area contributed by atoms with Crippen molar-refractivity contribution >= 4 is 33.9 Å². The van der Waals surface area contributed by atoms with E-state index in [9.17, 15) is 5.26 Å². The van der Waals surface area contributed by atoms with Crippen molar-refractivity contribution in [2.45, 2.75) is 58.2 Å². The number of nitriles is 1. The summed E-state index contributed by atoms with van der Waals surface area (Å²) in [6.45, 7) is 4.57. The number of aromatic nitrogens is 2. The lowest BCUT2D eigenvalue weighted by atomic mass is 9.68. The molecule has 9 heteroatoms. The van der Waals surface area contributed by atoms with Gasteiger partial charge >= 0.3 is 0 Å². The van der Waals surface area contributed by atoms with Gasteiger partial charge < -0.3 is 24.8 Å². The second-order valence-electron chi connectivity index (χ2n) is 11.6. The van der Waals surface area contributed by atoms with Crippen LogP contribution in [0.3, 0.4) is 0 Å². The van der Waals surface area contributed by atoms with E-state index >= 15 is 0 Å². The predicted molar refractivity (Wildman–Crippen MR) is 168 cm³/mol. The van der Waals surface area contributed by atoms with Crippen LogP contribution in [0.4, 0.5) is 11.4 Å². The molecule has 2 N–H and O–H groups in total. The maximum Gasteiger partial charge on any atom is 0.163 e. The Kier molecular flexibility index (Phi) is 8.55. The quantitative estimate of drug-likeness (QED) is 0.215. The van der Waals surface area contributed by atoms with E-state index in [4.69, 9.17) is 25.8 Å². The normalized spacial score (nSPS) is 16.5. The number of methoxy groups -OCH3 is 1. The van der Waals surface area contributed by atoms with Crippen molar-refractivity contribution in [1.29, 1.82) is 5.26 Å². The molecule has 0 unspecified atom stereocenters. The molecule has 1 aliphatic heterocycles. The number of nitrogens with one attached hydrogen (secondary N) is 2. The summed E-state index contributed by atoms with van der Waals surface area (Å²) in [6, 6.07) is 15.4. The topological polar surface area (TPSA) is 101 Å². The molecule has 43 heavy (non-hydrogen) atoms. The van der Waals surface area contributed by atoms with E-state index in [0.29, 0.717) is 56.7 Å². The fraction of sp³-hybridized carbons (Fsp3) is 0.382. The number of benzene rings is 2. The van der Waals surface area contributed by atoms with Crippen LogP contribution in [0.5, 0.6) is 17.2 Å². The molecule has 6 rings (SSSR count). The van der Waals surface area contributed by atoms with Crippen LogP contribution in [-0.2, 0) is 6.61 Å². The number of ether oxygens (including phenoxy) is 3. The fourth-order valence-corrected chi connectivity index (χ4v) is 6.49. The van der Waals surface area contributed by atoms with E-state index in [1.54, 1.807) is 25.6 Å². The summed E-state index contributed by atoms with van der Waals surface area (Å²) in [4.78, 5) is 8.96. The van der Waals surface area contributed by atoms with Crippen molar-refractivity contribution in [3.63, 3.8) is 0 Å². The predicted octanol–water partition coefficient (Wildman–Crippen LogP) is 7.49. The number of piperidine rings is 1. The van der Waals surface area contributed by atoms with Gasteiger partial charge in [-0.2, -0.15) is 5.26 Å². The molecule has 0 bridgehead atoms. The smallest absolute Gasteiger partial charge is 0.163 e. The summed E-state index contributed by atoms with van der Waals surface area (Å²) in [7, 11) is 1.63. The fourth-order valence-electron chi connectivity index (χ4n) is 6.27. The number of nitrogens with zero attached hydrogens (tertiary/aromatic N) is 3. The molecule has 2 aromatic heterocycles. The molecule has 1 aliphatic carbocycles. The summed E-state index contributed by atoms with van der Waals surface area (Å²) in [5, 5.41) is 18.0. The van der Waals surface area contributed by atoms with E-state index in [2.05, 4.69) is 26.7 Å². The average molecular weight is 598 g/mol. The number of fused-ring (bicyclic) bond motifs is 1. The van der Waals surface area contributed by atoms with Crippen molar-refractivity contribution in [2.24, 2.45) is 5.41 Å². The van der Waals surface area contributed by atoms with Gasteiger partial charge in [-0.05, 0) is 93.8 Å². The van der Waals surface area contributed by atoms with Gasteiger partial charge in [0.15, 0.2) is 11.5 Å². The first-order valence-corrected chi connectivity index (χ1v) is 15.2. The Bertz CT molecular complexity index is 1650. The van der Waals surface area contributed by atoms with Gasteiger partial charge in [0.05, 0.1) is 46.4 Å². The molecule has 0 atom stereocenters. The van der Waals surface area contributed by atoms with Crippen LogP contribution < -0.4 is 24.8 Å². The molecule has 4 aromatic rings. The van der Waals surface area contributed by atoms with E-state index in [0.717, 1.165) is 42.6 Å². The summed E-state index contributed by atoms with van der Waals surface area (Å²) in [6.07, 6.45) is 10.4. The minimum absolute atomic E-state index is 0.143. The highest BCUT2D eigenvalue weighted by Crippen LogP contribution is 2.45. The third kappa shape index (κ3) is 6.34. The molecule has 8 nitrogen and oxygen atoms in total. The van der Waals surface area contributed by atoms with Gasteiger partial charge in [0, 0.05) is 29.9 Å². The summed E-state index contributed by atoms with van der Waals surface area (Å²) >= 11 is 6.68. The number of pyridine rings is 2. The number of halogens is 1. The molecule has 1 saturated heterocycles. The van der Waals surface area contributed by atoms with Crippen LogP contribution in [0.1, 0.15) is 55.3 Å². The number of anilines is 2. The highest BCUT2D eigenvalue weighted by molar-refractivity contribution is 6.33. The zero-order chi connectivity index (χ0) is 29.8. The first kappa shape index (κ1) is 29.0. The Labute approximate surface area is 257 Å². The Hall–Kier alpha value is -4.06. The molecular formula is C34H36ClN5O3. The zero-order valence-electron chi connectivity index (χ0n) is 24.6. The first-order valence-electron chi connectivity index (χ1n) is 14.8. The van der Waals surface area contributed by atoms with Crippen molar-refractivity contribution in [3.05, 3.63) is 76.7 Å². The third-order valence-corrected chi connectivity index (χ3v) is 9.23. The molecular weight excluding hydrogens is 562 g/mol. The van der Waals surface area contributed by atoms with Crippen molar-refractivity contribution in [3.8, 4) is 23.3 Å². The van der Waals surface area contributed by atoms with Crippen LogP contribution in [0.25, 0.3) is 10.9 Å². The van der Waals surface area contributed by atoms with E-state index in [-0.39, 0.29) is 6.10 Å². The SMILES string of the molecule is COc1cc2c(Nc3ccc(OCc4ncccc4C)cc3Cl)c(C#N)cnc2cc1OC1CCC2(CCNCC2)CC1. The van der Waals surface area contributed by atoms with Crippen LogP contribution >= 0.6 is 11.6 Å². The van der Waals surface area contributed by atoms with Crippen molar-refractivity contribution in [2.75, 3.05) is 25.5 Å². The first-order chi connectivity index (χ1) is 21.0. The average Bonchev–Trinajstić information content (AvgIpc) is 3.03. The van der Waals surface area contributed by atoms with E-state index in [1.165, 1.54) is 25.7 Å². The molecule has 1 spiro atoms. The number of aryl methyl sites for hydroxylation is 1. The molecule has 2 fully saturated rings. The Morgan fingerprint density at radius 2 is 1.88 bits per heavy atom. The van der Waals surface area contributed by atoms with Gasteiger partial charge in [-0.15, -0.1) is 0 Å². The minimum atomic E-state index is 0.143. The second-order valence-corrected chi connectivity index (χ2v) is 12.0. The molecule has 222 valence electrons. The molecule has 3 heterocycles. The van der Waals surface area contributed by atoms with Gasteiger partial charge in [0.2, 0.25) is 0 Å². The van der Waals surface area contributed by atoms with E-state index < -0.39 is 0 Å². The Morgan fingerprint density at radius 1 is 1.07 bits per heavy atom. The Morgan fingerprint density at radius 3 is 2.60 bits per heavy atom. The summed E-state index contributed by atoms with van der Waals surface area (Å²) in [5.41, 5.74) is 4.73. The van der Waals surface area contributed by atoms with Crippen LogP contribution in [0.15, 0.2) is 54.9 Å². The minimum Gasteiger partial charge on any atom is -0.493 e. The molecule has 2 aliphatic rings. The highest BCUT2D eigenvalue weighted by Gasteiger charge is 2.37. The van der Waals surface area contributed by atoms with Crippen molar-refractivity contribution < 1.29 is 14.2 Å². The van der Waals surface area contributed by atoms with Crippen molar-refractivity contribution in [1.82, 2.24) is 15.3 Å². The lowest BCUT2D eigenvalue weighted by molar-refractivity contribution is 0.0559. The standard InChI is InChI=1S/C34H36ClN5O3/c1-22-4-3-13-38-30(22)21-42-25-5-6-28(27(35)16-25)40-33-23(19-36)20-39-29-18-32(31(41-2)17-26(29)33)43-24-7-9-34(10-8-24)11-14-37-15-12-34/h3-6,13,16-18,20,24,37H,7-12,14-15,21H2,1-2H3,(H,39,40). The van der Waals surface area contributed by atoms with E-state index in [1.807, 2.05) is 43.3 Å². The maximum atomic E-state index is 9.92. The van der Waals surface area contributed by atoms with Crippen LogP contribution in [0.2, 0.25) is 5.02 Å². The third-order valence-electron chi connectivity index (χ3n) is 8.92. The highest BCUT2D eigenvalue weighted by atomic mass is 35.5. The van der Waals surface area contributed by atoms with Gasteiger partial charge in [-0.25, -0.2) is 0 Å². The number of rotatable bonds is 8. The number of hydrogen-bond acceptors (Lipinski definition) is 8. The largest absolute Gasteiger partial charge is 0.493 e. The molecule has 0 radical (unpaired) electrons. The second kappa shape index (κ2) is 12.7. The van der Waals surface area contributed by atoms with Gasteiger partial charge in [-0.3, -0.25) is 9.97 Å². The lowest BCUT2D eigenvalue weighted by Crippen LogP contribution is -2.41. The molecule has 1 saturated carbocycles. The molecule has 2 aromatic carbocycles. The molecule has 0 amide bonds. The van der Waals surface area contributed by atoms with Gasteiger partial charge in [-0.1, -0.05) is 17.7 Å². The number of hydrogen-bond donors (Lipinski definition) is 2. The van der Waals surface area contributed by atoms with Crippen LogP contribution in [0, 0.1) is 23.7 Å². The Balaban J connectivity index is 1.22. The summed E-state index contributed by atoms with van der Waals surface area (Å²) in [5.74, 6) is 1.90. The summed E-state index contributed by atoms with van der Waals surface area (Å²) < 4.78 is 18.2. The van der Waals surface area contributed by atoms with Crippen LogP contribution in [-0.4, -0.2) is 36.3 Å². The lowest BCUT2D eigenvalue weighted by Gasteiger charge is -2.43. The van der Waals surface area contributed by atoms with Gasteiger partial charge in [0.1, 0.15) is 18.4 Å². The monoisotopic (exact) mass is 597 g/mol. The maximum absolute atomic E-state index is 9.92. The van der Waals surface area contributed by atoms with Gasteiger partial charge in [0.25, 0.3) is 0 Å². The zero-order valence-corrected chi connectivity index (χ0v) is 25.3.